The predicted molar refractivity (Wildman–Crippen MR) is 142 cm³/mol. The van der Waals surface area contributed by atoms with Crippen molar-refractivity contribution in [3.05, 3.63) is 6.07 Å². The standard InChI is InChI=1S/C27H48N2O4S/c1-17(2)11-12-21(19(5)30)13-14-34-22-15-23(31)29(24(22)32)27(9,10)20(6)28-25(33)26(7,8)16-18(3)4/h15,17-18,20-21,31-32H,11-14,16H2,1-10H3,(H,28,33). The molecule has 3 N–H and O–H groups in total. The minimum absolute atomic E-state index is 0.0170. The molecule has 196 valence electrons. The minimum Gasteiger partial charge on any atom is -0.494 e. The largest absolute Gasteiger partial charge is 0.494 e. The maximum Gasteiger partial charge on any atom is 0.225 e. The van der Waals surface area contributed by atoms with Crippen LogP contribution >= 0.6 is 11.8 Å². The van der Waals surface area contributed by atoms with Crippen LogP contribution in [0.2, 0.25) is 0 Å². The molecule has 1 heterocycles. The second-order valence-electron chi connectivity index (χ2n) is 11.8. The van der Waals surface area contributed by atoms with Gasteiger partial charge in [-0.05, 0) is 64.5 Å². The number of aromatic nitrogens is 1. The summed E-state index contributed by atoms with van der Waals surface area (Å²) in [6, 6.07) is 1.22. The number of hydrogen-bond donors (Lipinski definition) is 3. The lowest BCUT2D eigenvalue weighted by atomic mass is 9.82. The molecule has 0 saturated carbocycles. The average Bonchev–Trinajstić information content (AvgIpc) is 2.96. The van der Waals surface area contributed by atoms with Crippen LogP contribution in [0.3, 0.4) is 0 Å². The first-order valence-electron chi connectivity index (χ1n) is 12.6. The van der Waals surface area contributed by atoms with Gasteiger partial charge in [0.05, 0.1) is 10.4 Å². The van der Waals surface area contributed by atoms with Crippen LogP contribution in [0.4, 0.5) is 0 Å². The average molecular weight is 497 g/mol. The topological polar surface area (TPSA) is 91.6 Å². The number of rotatable bonds is 14. The van der Waals surface area contributed by atoms with Gasteiger partial charge in [0, 0.05) is 23.4 Å². The number of hydrogen-bond acceptors (Lipinski definition) is 5. The molecule has 1 aromatic heterocycles. The van der Waals surface area contributed by atoms with Crippen LogP contribution in [0.5, 0.6) is 11.8 Å². The third-order valence-corrected chi connectivity index (χ3v) is 7.88. The van der Waals surface area contributed by atoms with Gasteiger partial charge in [0.15, 0.2) is 5.88 Å². The van der Waals surface area contributed by atoms with Crippen molar-refractivity contribution in [2.45, 2.75) is 111 Å². The van der Waals surface area contributed by atoms with Gasteiger partial charge in [-0.1, -0.05) is 48.0 Å². The minimum atomic E-state index is -0.768. The van der Waals surface area contributed by atoms with E-state index in [1.165, 1.54) is 16.3 Å². The Morgan fingerprint density at radius 3 is 2.09 bits per heavy atom. The SMILES string of the molecule is CC(=O)C(CCSc1cc(O)n(C(C)(C)C(C)NC(=O)C(C)(C)CC(C)C)c1O)CCC(C)C. The van der Waals surface area contributed by atoms with E-state index < -0.39 is 11.0 Å². The first-order chi connectivity index (χ1) is 15.5. The van der Waals surface area contributed by atoms with Crippen molar-refractivity contribution < 1.29 is 19.8 Å². The second kappa shape index (κ2) is 12.4. The molecule has 2 unspecified atom stereocenters. The van der Waals surface area contributed by atoms with Crippen molar-refractivity contribution in [1.82, 2.24) is 9.88 Å². The Balaban J connectivity index is 2.93. The van der Waals surface area contributed by atoms with E-state index in [0.29, 0.717) is 22.5 Å². The summed E-state index contributed by atoms with van der Waals surface area (Å²) in [5.41, 5.74) is -1.28. The van der Waals surface area contributed by atoms with Gasteiger partial charge in [0.2, 0.25) is 11.8 Å². The fraction of sp³-hybridized carbons (Fsp3) is 0.778. The number of carbonyl (C=O) groups is 2. The molecule has 0 aliphatic heterocycles. The monoisotopic (exact) mass is 496 g/mol. The van der Waals surface area contributed by atoms with Crippen molar-refractivity contribution >= 4 is 23.5 Å². The molecule has 0 aliphatic rings. The highest BCUT2D eigenvalue weighted by atomic mass is 32.2. The summed E-state index contributed by atoms with van der Waals surface area (Å²) >= 11 is 1.44. The zero-order valence-corrected chi connectivity index (χ0v) is 23.8. The number of thioether (sulfide) groups is 1. The van der Waals surface area contributed by atoms with E-state index in [9.17, 15) is 19.8 Å². The normalized spacial score (nSPS) is 14.5. The molecule has 0 fully saturated rings. The van der Waals surface area contributed by atoms with Crippen LogP contribution in [0, 0.1) is 23.2 Å². The summed E-state index contributed by atoms with van der Waals surface area (Å²) in [5.74, 6) is 1.76. The lowest BCUT2D eigenvalue weighted by Gasteiger charge is -2.37. The fourth-order valence-corrected chi connectivity index (χ4v) is 5.44. The molecule has 34 heavy (non-hydrogen) atoms. The Hall–Kier alpha value is -1.63. The van der Waals surface area contributed by atoms with E-state index in [1.54, 1.807) is 13.0 Å². The molecule has 0 spiro atoms. The molecule has 1 amide bonds. The van der Waals surface area contributed by atoms with Crippen LogP contribution < -0.4 is 5.32 Å². The van der Waals surface area contributed by atoms with Crippen LogP contribution in [0.25, 0.3) is 0 Å². The van der Waals surface area contributed by atoms with Gasteiger partial charge in [-0.2, -0.15) is 0 Å². The highest BCUT2D eigenvalue weighted by molar-refractivity contribution is 7.99. The third-order valence-electron chi connectivity index (χ3n) is 6.83. The molecule has 0 bridgehead atoms. The van der Waals surface area contributed by atoms with Gasteiger partial charge in [-0.25, -0.2) is 0 Å². The maximum atomic E-state index is 12.9. The molecule has 7 heteroatoms. The molecule has 0 saturated heterocycles. The van der Waals surface area contributed by atoms with Gasteiger partial charge in [-0.3, -0.25) is 14.2 Å². The van der Waals surface area contributed by atoms with Crippen LogP contribution in [0.1, 0.15) is 94.9 Å². The number of Topliss-reactive ketones (excluding diaryl/α,β-unsaturated/α-hetero) is 1. The Bertz CT molecular complexity index is 827. The van der Waals surface area contributed by atoms with Crippen molar-refractivity contribution in [2.75, 3.05) is 5.75 Å². The van der Waals surface area contributed by atoms with E-state index in [2.05, 4.69) is 33.0 Å². The Kier molecular flexibility index (Phi) is 11.1. The first kappa shape index (κ1) is 30.4. The second-order valence-corrected chi connectivity index (χ2v) is 12.9. The van der Waals surface area contributed by atoms with Crippen molar-refractivity contribution in [2.24, 2.45) is 23.2 Å². The smallest absolute Gasteiger partial charge is 0.225 e. The highest BCUT2D eigenvalue weighted by Gasteiger charge is 2.37. The third kappa shape index (κ3) is 8.24. The summed E-state index contributed by atoms with van der Waals surface area (Å²) < 4.78 is 1.48. The number of ketones is 1. The first-order valence-corrected chi connectivity index (χ1v) is 13.6. The number of aromatic hydroxyl groups is 2. The van der Waals surface area contributed by atoms with Crippen molar-refractivity contribution in [1.29, 1.82) is 0 Å². The van der Waals surface area contributed by atoms with Crippen molar-refractivity contribution in [3.63, 3.8) is 0 Å². The summed E-state index contributed by atoms with van der Waals surface area (Å²) in [6.07, 6.45) is 3.40. The molecule has 0 aliphatic carbocycles. The van der Waals surface area contributed by atoms with Crippen molar-refractivity contribution in [3.8, 4) is 11.8 Å². The molecular weight excluding hydrogens is 448 g/mol. The molecule has 1 rings (SSSR count). The maximum absolute atomic E-state index is 12.9. The van der Waals surface area contributed by atoms with Gasteiger partial charge in [0.1, 0.15) is 5.78 Å². The summed E-state index contributed by atoms with van der Waals surface area (Å²) in [4.78, 5) is 25.5. The highest BCUT2D eigenvalue weighted by Crippen LogP contribution is 2.41. The fourth-order valence-electron chi connectivity index (χ4n) is 4.41. The summed E-state index contributed by atoms with van der Waals surface area (Å²) in [6.45, 7) is 19.7. The van der Waals surface area contributed by atoms with Crippen LogP contribution in [-0.4, -0.2) is 38.3 Å². The quantitative estimate of drug-likeness (QED) is 0.262. The van der Waals surface area contributed by atoms with E-state index >= 15 is 0 Å². The molecule has 1 aromatic rings. The van der Waals surface area contributed by atoms with Gasteiger partial charge in [0.25, 0.3) is 0 Å². The summed E-state index contributed by atoms with van der Waals surface area (Å²) in [7, 11) is 0. The molecule has 0 radical (unpaired) electrons. The Morgan fingerprint density at radius 1 is 1.00 bits per heavy atom. The Labute approximate surface area is 211 Å². The molecule has 2 atom stereocenters. The number of nitrogens with zero attached hydrogens (tertiary/aromatic N) is 1. The zero-order chi connectivity index (χ0) is 26.4. The zero-order valence-electron chi connectivity index (χ0n) is 23.0. The van der Waals surface area contributed by atoms with E-state index in [1.807, 2.05) is 34.6 Å². The lowest BCUT2D eigenvalue weighted by Crippen LogP contribution is -2.52. The van der Waals surface area contributed by atoms with E-state index in [4.69, 9.17) is 0 Å². The summed E-state index contributed by atoms with van der Waals surface area (Å²) in [5, 5.41) is 24.7. The van der Waals surface area contributed by atoms with Crippen LogP contribution in [0.15, 0.2) is 11.0 Å². The van der Waals surface area contributed by atoms with E-state index in [0.717, 1.165) is 25.7 Å². The Morgan fingerprint density at radius 2 is 1.59 bits per heavy atom. The lowest BCUT2D eigenvalue weighted by molar-refractivity contribution is -0.131. The molecular formula is C27H48N2O4S. The van der Waals surface area contributed by atoms with Gasteiger partial charge < -0.3 is 15.5 Å². The molecule has 0 aromatic carbocycles. The van der Waals surface area contributed by atoms with Gasteiger partial charge in [-0.15, -0.1) is 11.8 Å². The predicted octanol–water partition coefficient (Wildman–Crippen LogP) is 6.34. The van der Waals surface area contributed by atoms with Gasteiger partial charge >= 0.3 is 0 Å². The number of nitrogens with one attached hydrogen (secondary N) is 1. The number of amides is 1. The van der Waals surface area contributed by atoms with E-state index in [-0.39, 0.29) is 35.4 Å². The molecule has 6 nitrogen and oxygen atoms in total. The number of carbonyl (C=O) groups excluding carboxylic acids is 2. The van der Waals surface area contributed by atoms with Crippen LogP contribution in [-0.2, 0) is 15.1 Å².